The van der Waals surface area contributed by atoms with Crippen LogP contribution in [0.5, 0.6) is 0 Å². The van der Waals surface area contributed by atoms with Gasteiger partial charge in [0.05, 0.1) is 0 Å². The molecule has 0 heterocycles. The molecule has 2 aromatic carbocycles. The molecule has 5 heteroatoms. The number of anilines is 1. The van der Waals surface area contributed by atoms with Gasteiger partial charge < -0.3 is 10.6 Å². The molecule has 0 fully saturated rings. The number of hydrogen-bond donors (Lipinski definition) is 2. The van der Waals surface area contributed by atoms with Gasteiger partial charge in [0.1, 0.15) is 0 Å². The fraction of sp³-hybridized carbons (Fsp3) is 0.300. The lowest BCUT2D eigenvalue weighted by Crippen LogP contribution is -2.23. The van der Waals surface area contributed by atoms with Crippen LogP contribution in [-0.4, -0.2) is 17.6 Å². The maximum absolute atomic E-state index is 12.0. The summed E-state index contributed by atoms with van der Waals surface area (Å²) in [4.78, 5) is 24.8. The zero-order chi connectivity index (χ0) is 17.9. The van der Waals surface area contributed by atoms with Crippen LogP contribution in [0, 0.1) is 0 Å². The van der Waals surface area contributed by atoms with Gasteiger partial charge in [-0.1, -0.05) is 37.3 Å². The first-order valence-corrected chi connectivity index (χ1v) is 9.49. The molecule has 0 aliphatic carbocycles. The fourth-order valence-corrected chi connectivity index (χ4v) is 3.15. The molecule has 0 saturated carbocycles. The monoisotopic (exact) mass is 356 g/mol. The Morgan fingerprint density at radius 3 is 2.52 bits per heavy atom. The summed E-state index contributed by atoms with van der Waals surface area (Å²) in [6.45, 7) is 2.44. The topological polar surface area (TPSA) is 58.2 Å². The second kappa shape index (κ2) is 10.6. The van der Waals surface area contributed by atoms with Crippen molar-refractivity contribution in [1.82, 2.24) is 5.32 Å². The summed E-state index contributed by atoms with van der Waals surface area (Å²) in [6, 6.07) is 17.6. The number of carbonyl (C=O) groups is 2. The van der Waals surface area contributed by atoms with E-state index in [0.717, 1.165) is 23.4 Å². The number of benzene rings is 2. The molecule has 0 radical (unpaired) electrons. The standard InChI is InChI=1S/C20H24N2O2S/c1-2-7-20(24)22-17-9-6-8-16(14-17)15-21-19(23)12-13-25-18-10-4-3-5-11-18/h3-6,8-11,14H,2,7,12-13,15H2,1H3,(H,21,23)(H,22,24). The van der Waals surface area contributed by atoms with Crippen LogP contribution < -0.4 is 10.6 Å². The molecule has 0 saturated heterocycles. The van der Waals surface area contributed by atoms with Crippen LogP contribution in [-0.2, 0) is 16.1 Å². The Balaban J connectivity index is 1.73. The summed E-state index contributed by atoms with van der Waals surface area (Å²) in [5.74, 6) is 0.800. The molecule has 25 heavy (non-hydrogen) atoms. The first kappa shape index (κ1) is 19.1. The van der Waals surface area contributed by atoms with E-state index in [-0.39, 0.29) is 11.8 Å². The molecule has 0 aliphatic heterocycles. The van der Waals surface area contributed by atoms with Crippen LogP contribution in [0.3, 0.4) is 0 Å². The second-order valence-corrected chi connectivity index (χ2v) is 6.86. The zero-order valence-corrected chi connectivity index (χ0v) is 15.3. The number of carbonyl (C=O) groups excluding carboxylic acids is 2. The average Bonchev–Trinajstić information content (AvgIpc) is 2.61. The van der Waals surface area contributed by atoms with Crippen LogP contribution in [0.25, 0.3) is 0 Å². The Hall–Kier alpha value is -2.27. The van der Waals surface area contributed by atoms with E-state index in [0.29, 0.717) is 19.4 Å². The van der Waals surface area contributed by atoms with Gasteiger partial charge in [0.2, 0.25) is 11.8 Å². The van der Waals surface area contributed by atoms with E-state index in [9.17, 15) is 9.59 Å². The van der Waals surface area contributed by atoms with Gasteiger partial charge in [0, 0.05) is 35.7 Å². The van der Waals surface area contributed by atoms with Crippen LogP contribution in [0.4, 0.5) is 5.69 Å². The third kappa shape index (κ3) is 7.44. The van der Waals surface area contributed by atoms with Gasteiger partial charge in [-0.15, -0.1) is 11.8 Å². The Kier molecular flexibility index (Phi) is 8.05. The maximum atomic E-state index is 12.0. The van der Waals surface area contributed by atoms with E-state index in [1.54, 1.807) is 11.8 Å². The van der Waals surface area contributed by atoms with Crippen LogP contribution in [0.15, 0.2) is 59.5 Å². The predicted molar refractivity (Wildman–Crippen MR) is 104 cm³/mol. The molecule has 0 unspecified atom stereocenters. The number of rotatable bonds is 9. The summed E-state index contributed by atoms with van der Waals surface area (Å²) in [5, 5.41) is 5.79. The zero-order valence-electron chi connectivity index (χ0n) is 14.5. The van der Waals surface area contributed by atoms with Crippen molar-refractivity contribution in [2.24, 2.45) is 0 Å². The SMILES string of the molecule is CCCC(=O)Nc1cccc(CNC(=O)CCSc2ccccc2)c1. The summed E-state index contributed by atoms with van der Waals surface area (Å²) >= 11 is 1.68. The number of hydrogen-bond acceptors (Lipinski definition) is 3. The van der Waals surface area contributed by atoms with Crippen molar-refractivity contribution in [1.29, 1.82) is 0 Å². The lowest BCUT2D eigenvalue weighted by Gasteiger charge is -2.08. The Morgan fingerprint density at radius 2 is 1.76 bits per heavy atom. The minimum Gasteiger partial charge on any atom is -0.352 e. The van der Waals surface area contributed by atoms with Gasteiger partial charge in [-0.05, 0) is 36.2 Å². The van der Waals surface area contributed by atoms with Crippen molar-refractivity contribution in [3.05, 3.63) is 60.2 Å². The number of thioether (sulfide) groups is 1. The normalized spacial score (nSPS) is 10.3. The highest BCUT2D eigenvalue weighted by atomic mass is 32.2. The van der Waals surface area contributed by atoms with Gasteiger partial charge in [-0.25, -0.2) is 0 Å². The quantitative estimate of drug-likeness (QED) is 0.661. The fourth-order valence-electron chi connectivity index (χ4n) is 2.28. The van der Waals surface area contributed by atoms with Gasteiger partial charge in [-0.3, -0.25) is 9.59 Å². The van der Waals surface area contributed by atoms with Crippen molar-refractivity contribution in [2.45, 2.75) is 37.6 Å². The molecule has 2 aromatic rings. The molecular weight excluding hydrogens is 332 g/mol. The van der Waals surface area contributed by atoms with E-state index in [1.807, 2.05) is 61.5 Å². The number of nitrogens with one attached hydrogen (secondary N) is 2. The molecule has 4 nitrogen and oxygen atoms in total. The first-order chi connectivity index (χ1) is 12.2. The number of amides is 2. The highest BCUT2D eigenvalue weighted by Gasteiger charge is 2.04. The third-order valence-electron chi connectivity index (χ3n) is 3.52. The van der Waals surface area contributed by atoms with Crippen molar-refractivity contribution in [2.75, 3.05) is 11.1 Å². The van der Waals surface area contributed by atoms with E-state index < -0.39 is 0 Å². The second-order valence-electron chi connectivity index (χ2n) is 5.69. The van der Waals surface area contributed by atoms with Crippen LogP contribution in [0.2, 0.25) is 0 Å². The minimum atomic E-state index is 0.0154. The van der Waals surface area contributed by atoms with Crippen LogP contribution >= 0.6 is 11.8 Å². The van der Waals surface area contributed by atoms with E-state index >= 15 is 0 Å². The lowest BCUT2D eigenvalue weighted by atomic mass is 10.2. The van der Waals surface area contributed by atoms with Crippen molar-refractivity contribution in [3.8, 4) is 0 Å². The van der Waals surface area contributed by atoms with Gasteiger partial charge in [0.25, 0.3) is 0 Å². The summed E-state index contributed by atoms with van der Waals surface area (Å²) in [7, 11) is 0. The summed E-state index contributed by atoms with van der Waals surface area (Å²) in [5.41, 5.74) is 1.74. The highest BCUT2D eigenvalue weighted by Crippen LogP contribution is 2.17. The van der Waals surface area contributed by atoms with Crippen molar-refractivity contribution < 1.29 is 9.59 Å². The molecule has 132 valence electrons. The Labute approximate surface area is 153 Å². The van der Waals surface area contributed by atoms with E-state index in [2.05, 4.69) is 10.6 Å². The maximum Gasteiger partial charge on any atom is 0.224 e. The largest absolute Gasteiger partial charge is 0.352 e. The molecule has 0 spiro atoms. The highest BCUT2D eigenvalue weighted by molar-refractivity contribution is 7.99. The Morgan fingerprint density at radius 1 is 0.960 bits per heavy atom. The van der Waals surface area contributed by atoms with Crippen LogP contribution in [0.1, 0.15) is 31.7 Å². The molecule has 2 amide bonds. The molecule has 2 N–H and O–H groups in total. The molecular formula is C20H24N2O2S. The van der Waals surface area contributed by atoms with Gasteiger partial charge in [0.15, 0.2) is 0 Å². The van der Waals surface area contributed by atoms with Crippen molar-refractivity contribution in [3.63, 3.8) is 0 Å². The third-order valence-corrected chi connectivity index (χ3v) is 4.53. The predicted octanol–water partition coefficient (Wildman–Crippen LogP) is 4.22. The molecule has 0 bridgehead atoms. The van der Waals surface area contributed by atoms with Gasteiger partial charge >= 0.3 is 0 Å². The summed E-state index contributed by atoms with van der Waals surface area (Å²) in [6.07, 6.45) is 1.81. The molecule has 0 aliphatic rings. The van der Waals surface area contributed by atoms with E-state index in [1.165, 1.54) is 4.90 Å². The molecule has 2 rings (SSSR count). The van der Waals surface area contributed by atoms with Gasteiger partial charge in [-0.2, -0.15) is 0 Å². The molecule has 0 atom stereocenters. The molecule has 0 aromatic heterocycles. The first-order valence-electron chi connectivity index (χ1n) is 8.50. The smallest absolute Gasteiger partial charge is 0.224 e. The average molecular weight is 356 g/mol. The van der Waals surface area contributed by atoms with Crippen molar-refractivity contribution >= 4 is 29.3 Å². The summed E-state index contributed by atoms with van der Waals surface area (Å²) < 4.78 is 0. The lowest BCUT2D eigenvalue weighted by molar-refractivity contribution is -0.121. The Bertz CT molecular complexity index is 689. The van der Waals surface area contributed by atoms with E-state index in [4.69, 9.17) is 0 Å². The minimum absolute atomic E-state index is 0.0154.